The number of aromatic amines is 1. The molecule has 0 fully saturated rings. The third-order valence-corrected chi connectivity index (χ3v) is 4.11. The topological polar surface area (TPSA) is 54.9 Å². The molecule has 0 saturated carbocycles. The molecule has 25 heavy (non-hydrogen) atoms. The van der Waals surface area contributed by atoms with E-state index in [2.05, 4.69) is 4.98 Å². The first-order valence-corrected chi connectivity index (χ1v) is 7.76. The largest absolute Gasteiger partial charge is 0.329 e. The number of nitrogens with zero attached hydrogens (tertiary/aromatic N) is 1. The summed E-state index contributed by atoms with van der Waals surface area (Å²) in [6, 6.07) is 16.2. The molecule has 3 aromatic rings. The number of rotatable bonds is 4. The normalized spacial score (nSPS) is 12.8. The van der Waals surface area contributed by atoms with Crippen LogP contribution < -0.4 is 11.2 Å². The lowest BCUT2D eigenvalue weighted by Crippen LogP contribution is -2.39. The van der Waals surface area contributed by atoms with Gasteiger partial charge in [-0.3, -0.25) is 9.36 Å². The Kier molecular flexibility index (Phi) is 4.35. The van der Waals surface area contributed by atoms with E-state index in [1.165, 1.54) is 24.3 Å². The summed E-state index contributed by atoms with van der Waals surface area (Å²) in [5.74, 6) is -3.46. The lowest BCUT2D eigenvalue weighted by atomic mass is 10.1. The minimum Gasteiger partial charge on any atom is -0.305 e. The molecule has 0 bridgehead atoms. The van der Waals surface area contributed by atoms with Crippen LogP contribution >= 0.6 is 0 Å². The molecule has 2 aromatic carbocycles. The predicted octanol–water partition coefficient (Wildman–Crippen LogP) is 3.29. The van der Waals surface area contributed by atoms with Crippen LogP contribution in [0.4, 0.5) is 8.78 Å². The van der Waals surface area contributed by atoms with Gasteiger partial charge in [-0.05, 0) is 12.5 Å². The maximum atomic E-state index is 14.6. The molecule has 1 aromatic heterocycles. The summed E-state index contributed by atoms with van der Waals surface area (Å²) in [4.78, 5) is 26.9. The third-order valence-electron chi connectivity index (χ3n) is 4.11. The summed E-state index contributed by atoms with van der Waals surface area (Å²) in [5.41, 5.74) is -1.91. The highest BCUT2D eigenvalue weighted by atomic mass is 19.3. The van der Waals surface area contributed by atoms with Gasteiger partial charge in [0.1, 0.15) is 0 Å². The van der Waals surface area contributed by atoms with E-state index in [0.717, 1.165) is 16.2 Å². The van der Waals surface area contributed by atoms with E-state index in [-0.39, 0.29) is 5.56 Å². The highest BCUT2D eigenvalue weighted by Gasteiger charge is 2.36. The number of hydrogen-bond acceptors (Lipinski definition) is 2. The highest BCUT2D eigenvalue weighted by Crippen LogP contribution is 2.33. The van der Waals surface area contributed by atoms with Crippen LogP contribution in [0.3, 0.4) is 0 Å². The SMILES string of the molecule is C[C@@H](c1ccccc1)n1c(=O)cc(C(F)(F)c2ccccc2)[nH]c1=O. The van der Waals surface area contributed by atoms with Crippen molar-refractivity contribution in [3.63, 3.8) is 0 Å². The van der Waals surface area contributed by atoms with Gasteiger partial charge in [-0.15, -0.1) is 0 Å². The van der Waals surface area contributed by atoms with E-state index in [0.29, 0.717) is 0 Å². The molecule has 0 saturated heterocycles. The van der Waals surface area contributed by atoms with Gasteiger partial charge < -0.3 is 4.98 Å². The Morgan fingerprint density at radius 3 is 2.08 bits per heavy atom. The van der Waals surface area contributed by atoms with Crippen molar-refractivity contribution in [3.8, 4) is 0 Å². The molecule has 0 unspecified atom stereocenters. The Hall–Kier alpha value is -3.02. The van der Waals surface area contributed by atoms with Gasteiger partial charge in [-0.25, -0.2) is 4.79 Å². The van der Waals surface area contributed by atoms with Crippen molar-refractivity contribution >= 4 is 0 Å². The van der Waals surface area contributed by atoms with Crippen LogP contribution in [0.1, 0.15) is 29.8 Å². The average molecular weight is 342 g/mol. The molecule has 1 heterocycles. The van der Waals surface area contributed by atoms with Gasteiger partial charge in [0.25, 0.3) is 5.56 Å². The molecule has 0 aliphatic heterocycles. The fourth-order valence-electron chi connectivity index (χ4n) is 2.72. The van der Waals surface area contributed by atoms with E-state index < -0.39 is 28.9 Å². The first-order chi connectivity index (χ1) is 11.9. The number of alkyl halides is 2. The minimum atomic E-state index is -3.46. The number of H-pyrrole nitrogens is 1. The standard InChI is InChI=1S/C19H16F2N2O2/c1-13(14-8-4-2-5-9-14)23-17(24)12-16(22-18(23)25)19(20,21)15-10-6-3-7-11-15/h2-13H,1H3,(H,22,25)/t13-/m0/s1. The molecular weight excluding hydrogens is 326 g/mol. The van der Waals surface area contributed by atoms with Crippen LogP contribution in [-0.4, -0.2) is 9.55 Å². The number of benzene rings is 2. The molecule has 0 radical (unpaired) electrons. The molecular formula is C19H16F2N2O2. The van der Waals surface area contributed by atoms with Gasteiger partial charge in [0.05, 0.1) is 11.7 Å². The monoisotopic (exact) mass is 342 g/mol. The van der Waals surface area contributed by atoms with E-state index >= 15 is 0 Å². The lowest BCUT2D eigenvalue weighted by molar-refractivity contribution is 0.0371. The van der Waals surface area contributed by atoms with Crippen molar-refractivity contribution in [1.29, 1.82) is 0 Å². The average Bonchev–Trinajstić information content (AvgIpc) is 2.62. The quantitative estimate of drug-likeness (QED) is 0.791. The van der Waals surface area contributed by atoms with Crippen LogP contribution in [-0.2, 0) is 5.92 Å². The van der Waals surface area contributed by atoms with Gasteiger partial charge in [0.2, 0.25) is 0 Å². The van der Waals surface area contributed by atoms with Gasteiger partial charge in [-0.1, -0.05) is 60.7 Å². The van der Waals surface area contributed by atoms with Crippen LogP contribution in [0.5, 0.6) is 0 Å². The number of hydrogen-bond donors (Lipinski definition) is 1. The molecule has 0 aliphatic carbocycles. The fraction of sp³-hybridized carbons (Fsp3) is 0.158. The second-order valence-corrected chi connectivity index (χ2v) is 5.72. The number of aromatic nitrogens is 2. The summed E-state index contributed by atoms with van der Waals surface area (Å²) in [6.45, 7) is 1.67. The van der Waals surface area contributed by atoms with Crippen LogP contribution in [0, 0.1) is 0 Å². The third kappa shape index (κ3) is 3.15. The van der Waals surface area contributed by atoms with Crippen LogP contribution in [0.2, 0.25) is 0 Å². The highest BCUT2D eigenvalue weighted by molar-refractivity contribution is 5.29. The Balaban J connectivity index is 2.07. The van der Waals surface area contributed by atoms with E-state index in [1.807, 2.05) is 6.07 Å². The van der Waals surface area contributed by atoms with Crippen LogP contribution in [0.15, 0.2) is 76.3 Å². The Bertz CT molecular complexity index is 948. The zero-order valence-corrected chi connectivity index (χ0v) is 13.4. The lowest BCUT2D eigenvalue weighted by Gasteiger charge is -2.19. The van der Waals surface area contributed by atoms with Crippen molar-refractivity contribution in [2.24, 2.45) is 0 Å². The van der Waals surface area contributed by atoms with E-state index in [9.17, 15) is 18.4 Å². The molecule has 0 aliphatic rings. The first kappa shape index (κ1) is 16.8. The number of nitrogens with one attached hydrogen (secondary N) is 1. The smallest absolute Gasteiger partial charge is 0.305 e. The second kappa shape index (κ2) is 6.47. The molecule has 0 spiro atoms. The van der Waals surface area contributed by atoms with Gasteiger partial charge >= 0.3 is 11.6 Å². The maximum absolute atomic E-state index is 14.6. The zero-order chi connectivity index (χ0) is 18.0. The minimum absolute atomic E-state index is 0.293. The van der Waals surface area contributed by atoms with E-state index in [4.69, 9.17) is 0 Å². The van der Waals surface area contributed by atoms with Gasteiger partial charge in [0.15, 0.2) is 0 Å². The number of halogens is 2. The second-order valence-electron chi connectivity index (χ2n) is 5.72. The molecule has 4 nitrogen and oxygen atoms in total. The van der Waals surface area contributed by atoms with Crippen molar-refractivity contribution in [3.05, 3.63) is 104 Å². The van der Waals surface area contributed by atoms with Crippen molar-refractivity contribution in [2.45, 2.75) is 18.9 Å². The maximum Gasteiger partial charge on any atom is 0.329 e. The summed E-state index contributed by atoms with van der Waals surface area (Å²) < 4.78 is 30.1. The first-order valence-electron chi connectivity index (χ1n) is 7.76. The fourth-order valence-corrected chi connectivity index (χ4v) is 2.72. The summed E-state index contributed by atoms with van der Waals surface area (Å²) in [7, 11) is 0. The zero-order valence-electron chi connectivity index (χ0n) is 13.4. The summed E-state index contributed by atoms with van der Waals surface area (Å²) in [6.07, 6.45) is 0. The Morgan fingerprint density at radius 1 is 0.960 bits per heavy atom. The molecule has 1 N–H and O–H groups in total. The Morgan fingerprint density at radius 2 is 1.52 bits per heavy atom. The Labute approximate surface area is 142 Å². The van der Waals surface area contributed by atoms with Crippen molar-refractivity contribution < 1.29 is 8.78 Å². The summed E-state index contributed by atoms with van der Waals surface area (Å²) in [5, 5.41) is 0. The molecule has 128 valence electrons. The van der Waals surface area contributed by atoms with Crippen molar-refractivity contribution in [1.82, 2.24) is 9.55 Å². The van der Waals surface area contributed by atoms with E-state index in [1.54, 1.807) is 37.3 Å². The van der Waals surface area contributed by atoms with Gasteiger partial charge in [-0.2, -0.15) is 8.78 Å². The molecule has 6 heteroatoms. The van der Waals surface area contributed by atoms with Crippen LogP contribution in [0.25, 0.3) is 0 Å². The summed E-state index contributed by atoms with van der Waals surface area (Å²) >= 11 is 0. The van der Waals surface area contributed by atoms with Gasteiger partial charge in [0, 0.05) is 11.6 Å². The molecule has 0 amide bonds. The van der Waals surface area contributed by atoms with Crippen molar-refractivity contribution in [2.75, 3.05) is 0 Å². The molecule has 3 rings (SSSR count). The molecule has 1 atom stereocenters. The predicted molar refractivity (Wildman–Crippen MR) is 91.0 cm³/mol.